The Balaban J connectivity index is 2.05. The third kappa shape index (κ3) is 3.42. The second-order valence-electron chi connectivity index (χ2n) is 3.58. The number of rotatable bonds is 5. The molecule has 1 heterocycles. The molecular weight excluding hydrogens is 268 g/mol. The minimum atomic E-state index is -0.315. The SMILES string of the molecule is COc1nccnc1C(=O)COc1cccc(Cl)c1. The van der Waals surface area contributed by atoms with E-state index in [0.717, 1.165) is 0 Å². The van der Waals surface area contributed by atoms with Crippen LogP contribution in [0.3, 0.4) is 0 Å². The molecule has 0 aliphatic heterocycles. The number of nitrogens with zero attached hydrogens (tertiary/aromatic N) is 2. The zero-order valence-corrected chi connectivity index (χ0v) is 10.9. The molecule has 0 saturated carbocycles. The Labute approximate surface area is 115 Å². The molecule has 5 nitrogen and oxygen atoms in total. The monoisotopic (exact) mass is 278 g/mol. The van der Waals surface area contributed by atoms with Crippen LogP contribution in [0.4, 0.5) is 0 Å². The summed E-state index contributed by atoms with van der Waals surface area (Å²) in [5.41, 5.74) is 0.145. The maximum Gasteiger partial charge on any atom is 0.243 e. The van der Waals surface area contributed by atoms with Crippen LogP contribution in [-0.2, 0) is 0 Å². The summed E-state index contributed by atoms with van der Waals surface area (Å²) in [5, 5.41) is 0.544. The van der Waals surface area contributed by atoms with Gasteiger partial charge in [-0.15, -0.1) is 0 Å². The highest BCUT2D eigenvalue weighted by molar-refractivity contribution is 6.30. The molecule has 6 heteroatoms. The van der Waals surface area contributed by atoms with Crippen molar-refractivity contribution in [2.45, 2.75) is 0 Å². The van der Waals surface area contributed by atoms with Crippen LogP contribution in [0.1, 0.15) is 10.5 Å². The van der Waals surface area contributed by atoms with E-state index in [4.69, 9.17) is 21.1 Å². The van der Waals surface area contributed by atoms with E-state index in [2.05, 4.69) is 9.97 Å². The van der Waals surface area contributed by atoms with Crippen LogP contribution >= 0.6 is 11.6 Å². The lowest BCUT2D eigenvalue weighted by Crippen LogP contribution is -2.15. The molecule has 1 aromatic carbocycles. The fourth-order valence-electron chi connectivity index (χ4n) is 1.44. The summed E-state index contributed by atoms with van der Waals surface area (Å²) in [6, 6.07) is 6.81. The van der Waals surface area contributed by atoms with Gasteiger partial charge in [0.15, 0.2) is 12.3 Å². The van der Waals surface area contributed by atoms with Crippen LogP contribution in [0.5, 0.6) is 11.6 Å². The van der Waals surface area contributed by atoms with E-state index in [0.29, 0.717) is 10.8 Å². The first-order valence-electron chi connectivity index (χ1n) is 5.47. The van der Waals surface area contributed by atoms with Gasteiger partial charge in [0.05, 0.1) is 7.11 Å². The molecule has 2 rings (SSSR count). The van der Waals surface area contributed by atoms with Crippen LogP contribution < -0.4 is 9.47 Å². The Morgan fingerprint density at radius 1 is 1.32 bits per heavy atom. The fraction of sp³-hybridized carbons (Fsp3) is 0.154. The molecular formula is C13H11ClN2O3. The highest BCUT2D eigenvalue weighted by Gasteiger charge is 2.15. The van der Waals surface area contributed by atoms with Crippen molar-refractivity contribution in [3.63, 3.8) is 0 Å². The van der Waals surface area contributed by atoms with E-state index in [1.54, 1.807) is 24.3 Å². The average molecular weight is 279 g/mol. The number of ether oxygens (including phenoxy) is 2. The van der Waals surface area contributed by atoms with E-state index >= 15 is 0 Å². The first kappa shape index (κ1) is 13.3. The molecule has 0 aliphatic rings. The molecule has 0 amide bonds. The number of carbonyl (C=O) groups excluding carboxylic acids is 1. The van der Waals surface area contributed by atoms with Crippen molar-refractivity contribution >= 4 is 17.4 Å². The number of methoxy groups -OCH3 is 1. The van der Waals surface area contributed by atoms with Crippen LogP contribution in [-0.4, -0.2) is 29.5 Å². The lowest BCUT2D eigenvalue weighted by molar-refractivity contribution is 0.0912. The van der Waals surface area contributed by atoms with E-state index in [9.17, 15) is 4.79 Å². The van der Waals surface area contributed by atoms with E-state index in [-0.39, 0.29) is 24.0 Å². The van der Waals surface area contributed by atoms with Gasteiger partial charge in [0.25, 0.3) is 0 Å². The average Bonchev–Trinajstić information content (AvgIpc) is 2.45. The second-order valence-corrected chi connectivity index (χ2v) is 4.02. The van der Waals surface area contributed by atoms with Gasteiger partial charge >= 0.3 is 0 Å². The number of carbonyl (C=O) groups is 1. The summed E-state index contributed by atoms with van der Waals surface area (Å²) in [7, 11) is 1.43. The van der Waals surface area contributed by atoms with Gasteiger partial charge in [-0.1, -0.05) is 17.7 Å². The van der Waals surface area contributed by atoms with Crippen LogP contribution in [0.2, 0.25) is 5.02 Å². The normalized spacial score (nSPS) is 10.0. The molecule has 0 N–H and O–H groups in total. The molecule has 0 fully saturated rings. The van der Waals surface area contributed by atoms with Gasteiger partial charge in [-0.25, -0.2) is 9.97 Å². The second kappa shape index (κ2) is 6.15. The topological polar surface area (TPSA) is 61.3 Å². The van der Waals surface area contributed by atoms with Crippen LogP contribution in [0.25, 0.3) is 0 Å². The third-order valence-corrected chi connectivity index (χ3v) is 2.52. The van der Waals surface area contributed by atoms with Crippen LogP contribution in [0.15, 0.2) is 36.7 Å². The fourth-order valence-corrected chi connectivity index (χ4v) is 1.62. The number of hydrogen-bond acceptors (Lipinski definition) is 5. The first-order chi connectivity index (χ1) is 9.20. The smallest absolute Gasteiger partial charge is 0.243 e. The predicted octanol–water partition coefficient (Wildman–Crippen LogP) is 2.40. The Morgan fingerprint density at radius 2 is 2.11 bits per heavy atom. The quantitative estimate of drug-likeness (QED) is 0.786. The Kier molecular flexibility index (Phi) is 4.30. The molecule has 0 atom stereocenters. The zero-order chi connectivity index (χ0) is 13.7. The van der Waals surface area contributed by atoms with Gasteiger partial charge in [-0.3, -0.25) is 4.79 Å². The van der Waals surface area contributed by atoms with Gasteiger partial charge in [-0.2, -0.15) is 0 Å². The largest absolute Gasteiger partial charge is 0.485 e. The summed E-state index contributed by atoms with van der Waals surface area (Å²) in [6.45, 7) is -0.157. The van der Waals surface area contributed by atoms with Gasteiger partial charge in [0.1, 0.15) is 5.75 Å². The van der Waals surface area contributed by atoms with Crippen molar-refractivity contribution in [2.75, 3.05) is 13.7 Å². The molecule has 0 saturated heterocycles. The summed E-state index contributed by atoms with van der Waals surface area (Å²) in [5.74, 6) is 0.385. The van der Waals surface area contributed by atoms with Crippen LogP contribution in [0, 0.1) is 0 Å². The van der Waals surface area contributed by atoms with Crippen molar-refractivity contribution in [3.8, 4) is 11.6 Å². The molecule has 19 heavy (non-hydrogen) atoms. The third-order valence-electron chi connectivity index (χ3n) is 2.29. The van der Waals surface area contributed by atoms with Crippen molar-refractivity contribution in [1.82, 2.24) is 9.97 Å². The molecule has 1 aromatic heterocycles. The summed E-state index contributed by atoms with van der Waals surface area (Å²) in [6.07, 6.45) is 2.88. The summed E-state index contributed by atoms with van der Waals surface area (Å²) >= 11 is 5.82. The highest BCUT2D eigenvalue weighted by Crippen LogP contribution is 2.18. The van der Waals surface area contributed by atoms with E-state index in [1.165, 1.54) is 19.5 Å². The first-order valence-corrected chi connectivity index (χ1v) is 5.85. The molecule has 0 unspecified atom stereocenters. The number of Topliss-reactive ketones (excluding diaryl/α,β-unsaturated/α-hetero) is 1. The number of aromatic nitrogens is 2. The minimum absolute atomic E-state index is 0.145. The number of hydrogen-bond donors (Lipinski definition) is 0. The van der Waals surface area contributed by atoms with Crippen molar-refractivity contribution in [2.24, 2.45) is 0 Å². The molecule has 98 valence electrons. The number of benzene rings is 1. The van der Waals surface area contributed by atoms with Crippen molar-refractivity contribution in [1.29, 1.82) is 0 Å². The summed E-state index contributed by atoms with van der Waals surface area (Å²) in [4.78, 5) is 19.8. The van der Waals surface area contributed by atoms with Crippen molar-refractivity contribution < 1.29 is 14.3 Å². The molecule has 2 aromatic rings. The maximum absolute atomic E-state index is 11.9. The Hall–Kier alpha value is -2.14. The molecule has 0 radical (unpaired) electrons. The van der Waals surface area contributed by atoms with Gasteiger partial charge < -0.3 is 9.47 Å². The lowest BCUT2D eigenvalue weighted by Gasteiger charge is -2.07. The Morgan fingerprint density at radius 3 is 2.84 bits per heavy atom. The van der Waals surface area contributed by atoms with E-state index < -0.39 is 0 Å². The van der Waals surface area contributed by atoms with Gasteiger partial charge in [0.2, 0.25) is 11.7 Å². The van der Waals surface area contributed by atoms with E-state index in [1.807, 2.05) is 0 Å². The summed E-state index contributed by atoms with van der Waals surface area (Å²) < 4.78 is 10.3. The Bertz CT molecular complexity index is 590. The molecule has 0 spiro atoms. The molecule has 0 aliphatic carbocycles. The minimum Gasteiger partial charge on any atom is -0.485 e. The van der Waals surface area contributed by atoms with Crippen molar-refractivity contribution in [3.05, 3.63) is 47.4 Å². The lowest BCUT2D eigenvalue weighted by atomic mass is 10.3. The zero-order valence-electron chi connectivity index (χ0n) is 10.2. The predicted molar refractivity (Wildman–Crippen MR) is 69.9 cm³/mol. The van der Waals surface area contributed by atoms with Gasteiger partial charge in [0, 0.05) is 17.4 Å². The highest BCUT2D eigenvalue weighted by atomic mass is 35.5. The maximum atomic E-state index is 11.9. The standard InChI is InChI=1S/C13H11ClN2O3/c1-18-13-12(15-5-6-16-13)11(17)8-19-10-4-2-3-9(14)7-10/h2-7H,8H2,1H3. The number of ketones is 1. The number of halogens is 1. The van der Waals surface area contributed by atoms with Gasteiger partial charge in [-0.05, 0) is 18.2 Å². The molecule has 0 bridgehead atoms.